The van der Waals surface area contributed by atoms with Crippen LogP contribution < -0.4 is 0 Å². The monoisotopic (exact) mass is 390 g/mol. The quantitative estimate of drug-likeness (QED) is 0.601. The molecule has 1 saturated heterocycles. The molecule has 0 bridgehead atoms. The standard InChI is InChI=1S/C17H19ClN6OS/c1-12-15(16(18)24(20-12)13-6-3-2-4-7-13)11-26-17-19-21-22-23(17)10-14-8-5-9-25-14/h2-4,6-7,14H,5,8-11H2,1H3/t14-/m1/s1. The normalized spacial score (nSPS) is 17.1. The molecule has 0 radical (unpaired) electrons. The molecule has 1 aliphatic heterocycles. The molecule has 1 aromatic carbocycles. The molecule has 9 heteroatoms. The Hall–Kier alpha value is -1.90. The van der Waals surface area contributed by atoms with Crippen LogP contribution in [0.1, 0.15) is 24.1 Å². The number of tetrazole rings is 1. The third kappa shape index (κ3) is 3.62. The van der Waals surface area contributed by atoms with Crippen LogP contribution in [0.4, 0.5) is 0 Å². The van der Waals surface area contributed by atoms with Crippen molar-refractivity contribution in [3.05, 3.63) is 46.7 Å². The van der Waals surface area contributed by atoms with Gasteiger partial charge in [-0.15, -0.1) is 5.10 Å². The third-order valence-electron chi connectivity index (χ3n) is 4.37. The van der Waals surface area contributed by atoms with Gasteiger partial charge in [-0.05, 0) is 42.3 Å². The van der Waals surface area contributed by atoms with Gasteiger partial charge in [-0.2, -0.15) is 5.10 Å². The number of aromatic nitrogens is 6. The summed E-state index contributed by atoms with van der Waals surface area (Å²) in [5.41, 5.74) is 2.84. The third-order valence-corrected chi connectivity index (χ3v) is 5.74. The van der Waals surface area contributed by atoms with E-state index in [1.54, 1.807) is 16.4 Å². The van der Waals surface area contributed by atoms with Crippen LogP contribution >= 0.6 is 23.4 Å². The highest BCUT2D eigenvalue weighted by atomic mass is 35.5. The zero-order valence-corrected chi connectivity index (χ0v) is 15.9. The van der Waals surface area contributed by atoms with E-state index in [0.717, 1.165) is 41.5 Å². The van der Waals surface area contributed by atoms with Gasteiger partial charge in [-0.1, -0.05) is 41.6 Å². The van der Waals surface area contributed by atoms with Crippen molar-refractivity contribution in [3.63, 3.8) is 0 Å². The van der Waals surface area contributed by atoms with Crippen molar-refractivity contribution in [2.45, 2.75) is 43.3 Å². The van der Waals surface area contributed by atoms with Gasteiger partial charge in [0.25, 0.3) is 0 Å². The number of thioether (sulfide) groups is 1. The van der Waals surface area contributed by atoms with E-state index in [4.69, 9.17) is 16.3 Å². The van der Waals surface area contributed by atoms with Crippen LogP contribution in [0.15, 0.2) is 35.5 Å². The van der Waals surface area contributed by atoms with E-state index in [2.05, 4.69) is 20.6 Å². The molecule has 0 spiro atoms. The van der Waals surface area contributed by atoms with Crippen molar-refractivity contribution in [2.75, 3.05) is 6.61 Å². The molecule has 3 heterocycles. The molecule has 26 heavy (non-hydrogen) atoms. The Balaban J connectivity index is 1.49. The first kappa shape index (κ1) is 17.5. The second kappa shape index (κ2) is 7.77. The molecule has 3 aromatic rings. The maximum atomic E-state index is 6.59. The van der Waals surface area contributed by atoms with Crippen molar-refractivity contribution in [1.29, 1.82) is 0 Å². The molecule has 136 valence electrons. The first-order chi connectivity index (χ1) is 12.7. The number of hydrogen-bond donors (Lipinski definition) is 0. The van der Waals surface area contributed by atoms with Gasteiger partial charge in [-0.25, -0.2) is 9.36 Å². The van der Waals surface area contributed by atoms with Crippen LogP contribution in [0, 0.1) is 6.92 Å². The lowest BCUT2D eigenvalue weighted by Gasteiger charge is -2.10. The number of ether oxygens (including phenoxy) is 1. The van der Waals surface area contributed by atoms with E-state index < -0.39 is 0 Å². The number of rotatable bonds is 6. The molecule has 4 rings (SSSR count). The zero-order chi connectivity index (χ0) is 17.9. The lowest BCUT2D eigenvalue weighted by molar-refractivity contribution is 0.0912. The van der Waals surface area contributed by atoms with Gasteiger partial charge < -0.3 is 4.74 Å². The van der Waals surface area contributed by atoms with Gasteiger partial charge >= 0.3 is 0 Å². The van der Waals surface area contributed by atoms with Crippen LogP contribution in [-0.4, -0.2) is 42.7 Å². The second-order valence-corrected chi connectivity index (χ2v) is 7.47. The molecule has 0 aliphatic carbocycles. The average molecular weight is 391 g/mol. The maximum absolute atomic E-state index is 6.59. The molecule has 0 unspecified atom stereocenters. The molecule has 0 saturated carbocycles. The molecule has 0 amide bonds. The Bertz CT molecular complexity index is 875. The van der Waals surface area contributed by atoms with Crippen LogP contribution in [0.25, 0.3) is 5.69 Å². The van der Waals surface area contributed by atoms with Crippen LogP contribution in [0.2, 0.25) is 5.15 Å². The van der Waals surface area contributed by atoms with Crippen molar-refractivity contribution in [2.24, 2.45) is 0 Å². The Labute approximate surface area is 160 Å². The smallest absolute Gasteiger partial charge is 0.209 e. The predicted molar refractivity (Wildman–Crippen MR) is 99.7 cm³/mol. The number of benzene rings is 1. The summed E-state index contributed by atoms with van der Waals surface area (Å²) < 4.78 is 9.25. The fraction of sp³-hybridized carbons (Fsp3) is 0.412. The number of nitrogens with zero attached hydrogens (tertiary/aromatic N) is 6. The molecule has 1 aliphatic rings. The fourth-order valence-corrected chi connectivity index (χ4v) is 4.36. The van der Waals surface area contributed by atoms with Gasteiger partial charge in [0.2, 0.25) is 5.16 Å². The Kier molecular flexibility index (Phi) is 5.23. The Morgan fingerprint density at radius 3 is 2.92 bits per heavy atom. The predicted octanol–water partition coefficient (Wildman–Crippen LogP) is 3.29. The van der Waals surface area contributed by atoms with E-state index in [-0.39, 0.29) is 6.10 Å². The minimum atomic E-state index is 0.198. The second-order valence-electron chi connectivity index (χ2n) is 6.17. The number of halogens is 1. The molecule has 1 fully saturated rings. The summed E-state index contributed by atoms with van der Waals surface area (Å²) in [5, 5.41) is 18.0. The molecule has 0 N–H and O–H groups in total. The summed E-state index contributed by atoms with van der Waals surface area (Å²) in [6.45, 7) is 3.48. The Morgan fingerprint density at radius 2 is 2.15 bits per heavy atom. The van der Waals surface area contributed by atoms with Crippen molar-refractivity contribution in [1.82, 2.24) is 30.0 Å². The minimum absolute atomic E-state index is 0.198. The van der Waals surface area contributed by atoms with E-state index in [1.807, 2.05) is 41.9 Å². The summed E-state index contributed by atoms with van der Waals surface area (Å²) >= 11 is 8.15. The first-order valence-electron chi connectivity index (χ1n) is 8.52. The van der Waals surface area contributed by atoms with E-state index in [1.165, 1.54) is 0 Å². The minimum Gasteiger partial charge on any atom is -0.376 e. The largest absolute Gasteiger partial charge is 0.376 e. The average Bonchev–Trinajstić information content (AvgIpc) is 3.38. The molecule has 2 aromatic heterocycles. The Morgan fingerprint density at radius 1 is 1.31 bits per heavy atom. The van der Waals surface area contributed by atoms with Gasteiger partial charge in [-0.3, -0.25) is 0 Å². The van der Waals surface area contributed by atoms with E-state index in [9.17, 15) is 0 Å². The van der Waals surface area contributed by atoms with Crippen LogP contribution in [-0.2, 0) is 17.0 Å². The van der Waals surface area contributed by atoms with Crippen molar-refractivity contribution >= 4 is 23.4 Å². The summed E-state index contributed by atoms with van der Waals surface area (Å²) in [6, 6.07) is 9.87. The lowest BCUT2D eigenvalue weighted by atomic mass is 10.2. The highest BCUT2D eigenvalue weighted by Crippen LogP contribution is 2.29. The van der Waals surface area contributed by atoms with Gasteiger partial charge in [0.05, 0.1) is 24.0 Å². The van der Waals surface area contributed by atoms with Gasteiger partial charge in [0.15, 0.2) is 0 Å². The summed E-state index contributed by atoms with van der Waals surface area (Å²) in [5.74, 6) is 0.656. The maximum Gasteiger partial charge on any atom is 0.209 e. The highest BCUT2D eigenvalue weighted by molar-refractivity contribution is 7.98. The zero-order valence-electron chi connectivity index (χ0n) is 14.4. The summed E-state index contributed by atoms with van der Waals surface area (Å²) in [6.07, 6.45) is 2.35. The topological polar surface area (TPSA) is 70.7 Å². The molecular weight excluding hydrogens is 372 g/mol. The molecule has 1 atom stereocenters. The fourth-order valence-electron chi connectivity index (χ4n) is 2.97. The number of aryl methyl sites for hydroxylation is 1. The molecular formula is C17H19ClN6OS. The first-order valence-corrected chi connectivity index (χ1v) is 9.88. The van der Waals surface area contributed by atoms with Gasteiger partial charge in [0.1, 0.15) is 5.15 Å². The SMILES string of the molecule is Cc1nn(-c2ccccc2)c(Cl)c1CSc1nnnn1C[C@H]1CCCO1. The summed E-state index contributed by atoms with van der Waals surface area (Å²) in [7, 11) is 0. The highest BCUT2D eigenvalue weighted by Gasteiger charge is 2.20. The van der Waals surface area contributed by atoms with Gasteiger partial charge in [0, 0.05) is 17.9 Å². The summed E-state index contributed by atoms with van der Waals surface area (Å²) in [4.78, 5) is 0. The lowest BCUT2D eigenvalue weighted by Crippen LogP contribution is -2.16. The van der Waals surface area contributed by atoms with E-state index >= 15 is 0 Å². The van der Waals surface area contributed by atoms with Crippen LogP contribution in [0.5, 0.6) is 0 Å². The van der Waals surface area contributed by atoms with E-state index in [0.29, 0.717) is 17.5 Å². The number of hydrogen-bond acceptors (Lipinski definition) is 6. The van der Waals surface area contributed by atoms with Crippen LogP contribution in [0.3, 0.4) is 0 Å². The van der Waals surface area contributed by atoms with Crippen molar-refractivity contribution in [3.8, 4) is 5.69 Å². The van der Waals surface area contributed by atoms with Crippen molar-refractivity contribution < 1.29 is 4.74 Å². The molecule has 7 nitrogen and oxygen atoms in total. The number of para-hydroxylation sites is 1.